The van der Waals surface area contributed by atoms with E-state index in [1.807, 2.05) is 12.1 Å². The lowest BCUT2D eigenvalue weighted by atomic mass is 9.97. The monoisotopic (exact) mass is 246 g/mol. The van der Waals surface area contributed by atoms with Crippen LogP contribution < -0.4 is 10.1 Å². The van der Waals surface area contributed by atoms with Crippen molar-refractivity contribution in [2.75, 3.05) is 20.2 Å². The number of benzene rings is 1. The number of rotatable bonds is 6. The summed E-state index contributed by atoms with van der Waals surface area (Å²) in [5.74, 6) is 2.05. The number of fused-ring (bicyclic) bond motifs is 1. The van der Waals surface area contributed by atoms with E-state index in [-0.39, 0.29) is 0 Å². The molecule has 98 valence electrons. The average molecular weight is 246 g/mol. The number of hydrogen-bond acceptors (Lipinski definition) is 3. The predicted molar refractivity (Wildman–Crippen MR) is 76.2 cm³/mol. The summed E-state index contributed by atoms with van der Waals surface area (Å²) in [7, 11) is 1.71. The first-order chi connectivity index (χ1) is 8.70. The smallest absolute Gasteiger partial charge is 0.119 e. The molecular formula is C15H22N2O. The number of ether oxygens (including phenoxy) is 1. The van der Waals surface area contributed by atoms with Crippen LogP contribution in [0.4, 0.5) is 5.69 Å². The summed E-state index contributed by atoms with van der Waals surface area (Å²) in [5.41, 5.74) is 2.38. The van der Waals surface area contributed by atoms with Crippen LogP contribution in [0.5, 0.6) is 5.75 Å². The summed E-state index contributed by atoms with van der Waals surface area (Å²) in [6.07, 6.45) is 3.15. The summed E-state index contributed by atoms with van der Waals surface area (Å²) in [5, 5.41) is 3.48. The minimum Gasteiger partial charge on any atom is -0.497 e. The minimum atomic E-state index is 0.426. The second-order valence-corrected chi connectivity index (χ2v) is 5.20. The summed E-state index contributed by atoms with van der Waals surface area (Å²) in [6.45, 7) is 6.56. The highest BCUT2D eigenvalue weighted by Gasteiger charge is 2.19. The Kier molecular flexibility index (Phi) is 4.37. The molecular weight excluding hydrogens is 224 g/mol. The molecule has 18 heavy (non-hydrogen) atoms. The number of nitrogens with one attached hydrogen (secondary N) is 1. The molecule has 0 saturated carbocycles. The van der Waals surface area contributed by atoms with Gasteiger partial charge in [0, 0.05) is 12.1 Å². The van der Waals surface area contributed by atoms with E-state index in [2.05, 4.69) is 36.4 Å². The highest BCUT2D eigenvalue weighted by atomic mass is 16.5. The maximum atomic E-state index is 5.27. The van der Waals surface area contributed by atoms with Gasteiger partial charge in [-0.05, 0) is 49.2 Å². The largest absolute Gasteiger partial charge is 0.497 e. The van der Waals surface area contributed by atoms with Crippen molar-refractivity contribution >= 4 is 11.9 Å². The fraction of sp³-hybridized carbons (Fsp3) is 0.533. The highest BCUT2D eigenvalue weighted by molar-refractivity contribution is 5.81. The lowest BCUT2D eigenvalue weighted by Crippen LogP contribution is -2.22. The van der Waals surface area contributed by atoms with E-state index in [4.69, 9.17) is 4.74 Å². The third kappa shape index (κ3) is 3.10. The van der Waals surface area contributed by atoms with E-state index in [1.54, 1.807) is 7.11 Å². The fourth-order valence-electron chi connectivity index (χ4n) is 2.20. The van der Waals surface area contributed by atoms with Crippen LogP contribution in [-0.4, -0.2) is 26.4 Å². The number of hydrogen-bond donors (Lipinski definition) is 1. The van der Waals surface area contributed by atoms with E-state index >= 15 is 0 Å². The Morgan fingerprint density at radius 2 is 2.22 bits per heavy atom. The van der Waals surface area contributed by atoms with Crippen LogP contribution >= 0.6 is 0 Å². The molecule has 1 heterocycles. The quantitative estimate of drug-likeness (QED) is 0.782. The van der Waals surface area contributed by atoms with Gasteiger partial charge in [-0.1, -0.05) is 13.8 Å². The molecule has 0 unspecified atom stereocenters. The van der Waals surface area contributed by atoms with E-state index in [0.29, 0.717) is 11.8 Å². The first kappa shape index (κ1) is 13.1. The Morgan fingerprint density at radius 1 is 1.39 bits per heavy atom. The molecule has 3 heteroatoms. The van der Waals surface area contributed by atoms with Gasteiger partial charge in [0.05, 0.1) is 12.8 Å². The molecule has 0 aliphatic carbocycles. The van der Waals surface area contributed by atoms with Crippen LogP contribution in [-0.2, 0) is 0 Å². The van der Waals surface area contributed by atoms with Crippen molar-refractivity contribution in [3.63, 3.8) is 0 Å². The van der Waals surface area contributed by atoms with E-state index in [0.717, 1.165) is 30.9 Å². The van der Waals surface area contributed by atoms with Crippen LogP contribution in [0.1, 0.15) is 31.7 Å². The second kappa shape index (κ2) is 6.01. The van der Waals surface area contributed by atoms with Crippen molar-refractivity contribution in [3.8, 4) is 5.75 Å². The molecule has 0 bridgehead atoms. The van der Waals surface area contributed by atoms with Crippen molar-refractivity contribution in [1.29, 1.82) is 0 Å². The van der Waals surface area contributed by atoms with Crippen LogP contribution in [0.3, 0.4) is 0 Å². The summed E-state index contributed by atoms with van der Waals surface area (Å²) >= 11 is 0. The Balaban J connectivity index is 1.92. The summed E-state index contributed by atoms with van der Waals surface area (Å²) in [6, 6.07) is 6.11. The van der Waals surface area contributed by atoms with Crippen molar-refractivity contribution in [2.24, 2.45) is 10.9 Å². The first-order valence-corrected chi connectivity index (χ1v) is 6.63. The first-order valence-electron chi connectivity index (χ1n) is 6.63. The van der Waals surface area contributed by atoms with Gasteiger partial charge in [0.15, 0.2) is 0 Å². The Bertz CT molecular complexity index is 427. The van der Waals surface area contributed by atoms with Gasteiger partial charge in [0.2, 0.25) is 0 Å². The topological polar surface area (TPSA) is 33.6 Å². The van der Waals surface area contributed by atoms with Gasteiger partial charge in [-0.2, -0.15) is 0 Å². The van der Waals surface area contributed by atoms with Crippen LogP contribution in [0.15, 0.2) is 23.2 Å². The van der Waals surface area contributed by atoms with Crippen molar-refractivity contribution < 1.29 is 4.74 Å². The van der Waals surface area contributed by atoms with Gasteiger partial charge in [-0.15, -0.1) is 0 Å². The molecule has 0 fully saturated rings. The van der Waals surface area contributed by atoms with Crippen molar-refractivity contribution in [1.82, 2.24) is 5.32 Å². The van der Waals surface area contributed by atoms with Crippen molar-refractivity contribution in [3.05, 3.63) is 23.8 Å². The zero-order valence-corrected chi connectivity index (χ0v) is 11.4. The van der Waals surface area contributed by atoms with Gasteiger partial charge < -0.3 is 10.1 Å². The van der Waals surface area contributed by atoms with Gasteiger partial charge in [-0.25, -0.2) is 0 Å². The summed E-state index contributed by atoms with van der Waals surface area (Å²) in [4.78, 5) is 4.46. The SMILES string of the molecule is COc1ccc2c(c1)[C@H](CCNCC(C)C)C=N2. The molecule has 1 N–H and O–H groups in total. The maximum absolute atomic E-state index is 5.27. The lowest BCUT2D eigenvalue weighted by Gasteiger charge is -2.12. The molecule has 2 rings (SSSR count). The van der Waals surface area contributed by atoms with E-state index in [1.165, 1.54) is 5.56 Å². The zero-order chi connectivity index (χ0) is 13.0. The molecule has 3 nitrogen and oxygen atoms in total. The molecule has 1 aliphatic heterocycles. The van der Waals surface area contributed by atoms with Gasteiger partial charge in [0.1, 0.15) is 5.75 Å². The maximum Gasteiger partial charge on any atom is 0.119 e. The highest BCUT2D eigenvalue weighted by Crippen LogP contribution is 2.36. The summed E-state index contributed by atoms with van der Waals surface area (Å²) < 4.78 is 5.27. The molecule has 0 saturated heterocycles. The van der Waals surface area contributed by atoms with E-state index < -0.39 is 0 Å². The molecule has 1 aromatic rings. The standard InChI is InChI=1S/C15H22N2O/c1-11(2)9-16-7-6-12-10-17-15-5-4-13(18-3)8-14(12)15/h4-5,8,10-12,16H,6-7,9H2,1-3H3/t12-/m1/s1. The Hall–Kier alpha value is -1.35. The fourth-order valence-corrected chi connectivity index (χ4v) is 2.20. The van der Waals surface area contributed by atoms with E-state index in [9.17, 15) is 0 Å². The third-order valence-electron chi connectivity index (χ3n) is 3.21. The van der Waals surface area contributed by atoms with Gasteiger partial charge in [0.25, 0.3) is 0 Å². The molecule has 0 radical (unpaired) electrons. The molecule has 1 atom stereocenters. The van der Waals surface area contributed by atoms with Crippen LogP contribution in [0, 0.1) is 5.92 Å². The minimum absolute atomic E-state index is 0.426. The molecule has 0 amide bonds. The van der Waals surface area contributed by atoms with Crippen LogP contribution in [0.2, 0.25) is 0 Å². The third-order valence-corrected chi connectivity index (χ3v) is 3.21. The molecule has 1 aliphatic rings. The number of aliphatic imine (C=N–C) groups is 1. The molecule has 0 aromatic heterocycles. The Labute approximate surface area is 109 Å². The lowest BCUT2D eigenvalue weighted by molar-refractivity contribution is 0.414. The molecule has 1 aromatic carbocycles. The normalized spacial score (nSPS) is 17.2. The zero-order valence-electron chi connectivity index (χ0n) is 11.4. The van der Waals surface area contributed by atoms with Crippen molar-refractivity contribution in [2.45, 2.75) is 26.2 Å². The predicted octanol–water partition coefficient (Wildman–Crippen LogP) is 3.13. The molecule has 0 spiro atoms. The Morgan fingerprint density at radius 3 is 2.94 bits per heavy atom. The van der Waals surface area contributed by atoms with Gasteiger partial charge in [-0.3, -0.25) is 4.99 Å². The second-order valence-electron chi connectivity index (χ2n) is 5.20. The van der Waals surface area contributed by atoms with Crippen LogP contribution in [0.25, 0.3) is 0 Å². The average Bonchev–Trinajstić information content (AvgIpc) is 2.76. The number of methoxy groups -OCH3 is 1. The number of nitrogens with zero attached hydrogens (tertiary/aromatic N) is 1. The van der Waals surface area contributed by atoms with Gasteiger partial charge >= 0.3 is 0 Å².